The van der Waals surface area contributed by atoms with Crippen molar-refractivity contribution in [3.63, 3.8) is 0 Å². The predicted molar refractivity (Wildman–Crippen MR) is 115 cm³/mol. The van der Waals surface area contributed by atoms with Crippen molar-refractivity contribution in [1.82, 2.24) is 0 Å². The van der Waals surface area contributed by atoms with Crippen molar-refractivity contribution in [1.29, 1.82) is 0 Å². The SMILES string of the molecule is CCCCCCCCCCCCSCC1Cc2c(C)c(O)cc(C)c2O1. The maximum atomic E-state index is 9.98. The quantitative estimate of drug-likeness (QED) is 0.376. The van der Waals surface area contributed by atoms with E-state index in [9.17, 15) is 5.11 Å². The van der Waals surface area contributed by atoms with E-state index in [1.807, 2.05) is 31.7 Å². The topological polar surface area (TPSA) is 29.5 Å². The van der Waals surface area contributed by atoms with Gasteiger partial charge in [0, 0.05) is 17.7 Å². The third kappa shape index (κ3) is 6.72. The number of phenolic OH excluding ortho intramolecular Hbond substituents is 1. The van der Waals surface area contributed by atoms with Crippen molar-refractivity contribution in [3.8, 4) is 11.5 Å². The molecular formula is C23H38O2S. The average Bonchev–Trinajstić information content (AvgIpc) is 3.06. The van der Waals surface area contributed by atoms with Crippen molar-refractivity contribution < 1.29 is 9.84 Å². The van der Waals surface area contributed by atoms with Crippen LogP contribution in [0.2, 0.25) is 0 Å². The number of rotatable bonds is 13. The largest absolute Gasteiger partial charge is 0.508 e. The fourth-order valence-corrected chi connectivity index (χ4v) is 4.81. The molecule has 1 aromatic rings. The van der Waals surface area contributed by atoms with Crippen LogP contribution in [0.5, 0.6) is 11.5 Å². The molecule has 26 heavy (non-hydrogen) atoms. The summed E-state index contributed by atoms with van der Waals surface area (Å²) >= 11 is 2.03. The maximum absolute atomic E-state index is 9.98. The molecule has 0 saturated heterocycles. The van der Waals surface area contributed by atoms with Gasteiger partial charge in [0.25, 0.3) is 0 Å². The standard InChI is InChI=1S/C23H38O2S/c1-4-5-6-7-8-9-10-11-12-13-14-26-17-20-16-21-19(3)22(24)15-18(2)23(21)25-20/h15,20,24H,4-14,16-17H2,1-3H3. The Kier molecular flexibility index (Phi) is 9.74. The molecule has 0 saturated carbocycles. The summed E-state index contributed by atoms with van der Waals surface area (Å²) in [7, 11) is 0. The summed E-state index contributed by atoms with van der Waals surface area (Å²) in [5, 5.41) is 9.98. The molecule has 0 spiro atoms. The van der Waals surface area contributed by atoms with Crippen LogP contribution in [0.25, 0.3) is 0 Å². The van der Waals surface area contributed by atoms with Crippen LogP contribution in [0.4, 0.5) is 0 Å². The van der Waals surface area contributed by atoms with Gasteiger partial charge in [-0.25, -0.2) is 0 Å². The van der Waals surface area contributed by atoms with Crippen LogP contribution >= 0.6 is 11.8 Å². The second kappa shape index (κ2) is 11.8. The molecule has 2 rings (SSSR count). The molecule has 1 aliphatic rings. The zero-order valence-electron chi connectivity index (χ0n) is 17.1. The molecule has 1 atom stereocenters. The van der Waals surface area contributed by atoms with E-state index in [-0.39, 0.29) is 6.10 Å². The molecule has 1 heterocycles. The van der Waals surface area contributed by atoms with Crippen LogP contribution in [-0.4, -0.2) is 22.7 Å². The van der Waals surface area contributed by atoms with Gasteiger partial charge in [-0.05, 0) is 43.2 Å². The molecule has 0 fully saturated rings. The summed E-state index contributed by atoms with van der Waals surface area (Å²) in [6.07, 6.45) is 15.2. The van der Waals surface area contributed by atoms with E-state index in [1.54, 1.807) is 0 Å². The number of aryl methyl sites for hydroxylation is 1. The first-order valence-corrected chi connectivity index (χ1v) is 11.8. The van der Waals surface area contributed by atoms with Crippen LogP contribution in [0.3, 0.4) is 0 Å². The van der Waals surface area contributed by atoms with Gasteiger partial charge in [-0.15, -0.1) is 0 Å². The van der Waals surface area contributed by atoms with Gasteiger partial charge in [0.05, 0.1) is 0 Å². The van der Waals surface area contributed by atoms with Crippen LogP contribution in [-0.2, 0) is 6.42 Å². The Morgan fingerprint density at radius 2 is 1.62 bits per heavy atom. The number of hydrogen-bond acceptors (Lipinski definition) is 3. The van der Waals surface area contributed by atoms with Crippen molar-refractivity contribution >= 4 is 11.8 Å². The van der Waals surface area contributed by atoms with Crippen molar-refractivity contribution in [3.05, 3.63) is 22.8 Å². The number of aromatic hydroxyl groups is 1. The fourth-order valence-electron chi connectivity index (χ4n) is 3.79. The summed E-state index contributed by atoms with van der Waals surface area (Å²) in [6.45, 7) is 6.30. The zero-order valence-corrected chi connectivity index (χ0v) is 17.9. The molecule has 148 valence electrons. The first kappa shape index (κ1) is 21.5. The highest BCUT2D eigenvalue weighted by Gasteiger charge is 2.27. The highest BCUT2D eigenvalue weighted by molar-refractivity contribution is 7.99. The van der Waals surface area contributed by atoms with E-state index in [0.29, 0.717) is 5.75 Å². The van der Waals surface area contributed by atoms with Crippen LogP contribution in [0.15, 0.2) is 6.07 Å². The normalized spacial score (nSPS) is 15.9. The summed E-state index contributed by atoms with van der Waals surface area (Å²) in [5.41, 5.74) is 3.27. The Hall–Kier alpha value is -0.830. The van der Waals surface area contributed by atoms with Gasteiger partial charge in [-0.2, -0.15) is 11.8 Å². The van der Waals surface area contributed by atoms with E-state index in [1.165, 1.54) is 75.5 Å². The number of unbranched alkanes of at least 4 members (excludes halogenated alkanes) is 9. The minimum atomic E-state index is 0.275. The summed E-state index contributed by atoms with van der Waals surface area (Å²) in [5.74, 6) is 3.73. The first-order valence-electron chi connectivity index (χ1n) is 10.7. The van der Waals surface area contributed by atoms with Gasteiger partial charge in [-0.3, -0.25) is 0 Å². The number of benzene rings is 1. The predicted octanol–water partition coefficient (Wildman–Crippen LogP) is 6.97. The van der Waals surface area contributed by atoms with E-state index >= 15 is 0 Å². The molecule has 3 heteroatoms. The maximum Gasteiger partial charge on any atom is 0.126 e. The van der Waals surface area contributed by atoms with Crippen molar-refractivity contribution in [2.24, 2.45) is 0 Å². The molecule has 1 unspecified atom stereocenters. The monoisotopic (exact) mass is 378 g/mol. The minimum absolute atomic E-state index is 0.275. The van der Waals surface area contributed by atoms with E-state index in [0.717, 1.165) is 29.1 Å². The Labute approximate surface area is 165 Å². The molecule has 2 nitrogen and oxygen atoms in total. The van der Waals surface area contributed by atoms with E-state index in [2.05, 4.69) is 6.92 Å². The lowest BCUT2D eigenvalue weighted by Crippen LogP contribution is -2.16. The van der Waals surface area contributed by atoms with Crippen LogP contribution < -0.4 is 4.74 Å². The highest BCUT2D eigenvalue weighted by Crippen LogP contribution is 2.39. The Morgan fingerprint density at radius 3 is 2.27 bits per heavy atom. The summed E-state index contributed by atoms with van der Waals surface area (Å²) in [4.78, 5) is 0. The van der Waals surface area contributed by atoms with Gasteiger partial charge in [-0.1, -0.05) is 64.7 Å². The van der Waals surface area contributed by atoms with Gasteiger partial charge in [0.2, 0.25) is 0 Å². The second-order valence-corrected chi connectivity index (χ2v) is 9.00. The molecule has 0 bridgehead atoms. The second-order valence-electron chi connectivity index (χ2n) is 7.85. The lowest BCUT2D eigenvalue weighted by molar-refractivity contribution is 0.258. The van der Waals surface area contributed by atoms with E-state index < -0.39 is 0 Å². The molecule has 0 aromatic heterocycles. The smallest absolute Gasteiger partial charge is 0.126 e. The number of fused-ring (bicyclic) bond motifs is 1. The number of phenols is 1. The summed E-state index contributed by atoms with van der Waals surface area (Å²) in [6, 6.07) is 1.83. The molecule has 1 N–H and O–H groups in total. The van der Waals surface area contributed by atoms with Crippen LogP contribution in [0, 0.1) is 13.8 Å². The van der Waals surface area contributed by atoms with Crippen molar-refractivity contribution in [2.75, 3.05) is 11.5 Å². The molecule has 0 aliphatic carbocycles. The number of ether oxygens (including phenoxy) is 1. The van der Waals surface area contributed by atoms with E-state index in [4.69, 9.17) is 4.74 Å². The molecule has 0 radical (unpaired) electrons. The fraction of sp³-hybridized carbons (Fsp3) is 0.739. The van der Waals surface area contributed by atoms with Gasteiger partial charge < -0.3 is 9.84 Å². The summed E-state index contributed by atoms with van der Waals surface area (Å²) < 4.78 is 6.14. The molecule has 0 amide bonds. The van der Waals surface area contributed by atoms with Crippen LogP contribution in [0.1, 0.15) is 87.8 Å². The third-order valence-electron chi connectivity index (χ3n) is 5.48. The lowest BCUT2D eigenvalue weighted by atomic mass is 10.0. The van der Waals surface area contributed by atoms with Gasteiger partial charge in [0.1, 0.15) is 17.6 Å². The average molecular weight is 379 g/mol. The molecular weight excluding hydrogens is 340 g/mol. The minimum Gasteiger partial charge on any atom is -0.508 e. The lowest BCUT2D eigenvalue weighted by Gasteiger charge is -2.11. The first-order chi connectivity index (χ1) is 12.6. The van der Waals surface area contributed by atoms with Gasteiger partial charge in [0.15, 0.2) is 0 Å². The Bertz CT molecular complexity index is 541. The Morgan fingerprint density at radius 1 is 1.00 bits per heavy atom. The van der Waals surface area contributed by atoms with Gasteiger partial charge >= 0.3 is 0 Å². The van der Waals surface area contributed by atoms with Crippen molar-refractivity contribution in [2.45, 2.75) is 97.5 Å². The number of thioether (sulfide) groups is 1. The Balaban J connectivity index is 1.49. The molecule has 1 aromatic carbocycles. The molecule has 1 aliphatic heterocycles. The zero-order chi connectivity index (χ0) is 18.8. The highest BCUT2D eigenvalue weighted by atomic mass is 32.2. The number of hydrogen-bond donors (Lipinski definition) is 1. The third-order valence-corrected chi connectivity index (χ3v) is 6.67.